The first-order valence-electron chi connectivity index (χ1n) is 4.66. The van der Waals surface area contributed by atoms with Gasteiger partial charge in [0.2, 0.25) is 0 Å². The quantitative estimate of drug-likeness (QED) is 0.662. The summed E-state index contributed by atoms with van der Waals surface area (Å²) in [6.07, 6.45) is 1.34. The number of carbonyl (C=O) groups is 2. The maximum absolute atomic E-state index is 11.6. The van der Waals surface area contributed by atoms with E-state index in [0.717, 1.165) is 0 Å². The number of rotatable bonds is 4. The largest absolute Gasteiger partial charge is 0.478 e. The monoisotopic (exact) mass is 224 g/mol. The van der Waals surface area contributed by atoms with Crippen molar-refractivity contribution in [2.24, 2.45) is 0 Å². The molecule has 86 valence electrons. The van der Waals surface area contributed by atoms with Crippen LogP contribution in [0.4, 0.5) is 0 Å². The number of carboxylic acid groups (broad SMARTS) is 1. The van der Waals surface area contributed by atoms with E-state index in [1.165, 1.54) is 18.3 Å². The summed E-state index contributed by atoms with van der Waals surface area (Å²) in [5.41, 5.74) is -0.319. The summed E-state index contributed by atoms with van der Waals surface area (Å²) < 4.78 is 0. The Morgan fingerprint density at radius 1 is 1.56 bits per heavy atom. The second-order valence-electron chi connectivity index (χ2n) is 3.26. The highest BCUT2D eigenvalue weighted by Crippen LogP contribution is 2.05. The number of amides is 1. The van der Waals surface area contributed by atoms with Crippen LogP contribution in [0.3, 0.4) is 0 Å². The van der Waals surface area contributed by atoms with E-state index in [1.807, 2.05) is 0 Å². The van der Waals surface area contributed by atoms with Crippen molar-refractivity contribution in [2.75, 3.05) is 6.61 Å². The lowest BCUT2D eigenvalue weighted by Crippen LogP contribution is -2.36. The third kappa shape index (κ3) is 2.77. The van der Waals surface area contributed by atoms with Gasteiger partial charge in [0.05, 0.1) is 12.2 Å². The zero-order valence-electron chi connectivity index (χ0n) is 8.67. The van der Waals surface area contributed by atoms with Crippen LogP contribution >= 0.6 is 0 Å². The van der Waals surface area contributed by atoms with Crippen molar-refractivity contribution >= 4 is 11.9 Å². The second-order valence-corrected chi connectivity index (χ2v) is 3.26. The molecule has 0 fully saturated rings. The van der Waals surface area contributed by atoms with Gasteiger partial charge in [-0.25, -0.2) is 4.79 Å². The molecule has 1 aromatic rings. The van der Waals surface area contributed by atoms with Gasteiger partial charge in [0.1, 0.15) is 5.69 Å². The summed E-state index contributed by atoms with van der Waals surface area (Å²) in [6.45, 7) is 1.38. The molecule has 0 aliphatic heterocycles. The highest BCUT2D eigenvalue weighted by molar-refractivity contribution is 6.03. The highest BCUT2D eigenvalue weighted by Gasteiger charge is 2.18. The third-order valence-electron chi connectivity index (χ3n) is 1.90. The predicted octanol–water partition coefficient (Wildman–Crippen LogP) is -0.110. The summed E-state index contributed by atoms with van der Waals surface area (Å²) in [5.74, 6) is -1.82. The molecule has 0 saturated carbocycles. The molecule has 0 spiro atoms. The molecule has 0 unspecified atom stereocenters. The molecule has 16 heavy (non-hydrogen) atoms. The minimum atomic E-state index is -1.21. The SMILES string of the molecule is C[C@H](CO)NC(=O)c1ncccc1C(=O)O. The fourth-order valence-corrected chi connectivity index (χ4v) is 1.10. The number of aromatic nitrogens is 1. The van der Waals surface area contributed by atoms with Gasteiger partial charge in [0.25, 0.3) is 5.91 Å². The summed E-state index contributed by atoms with van der Waals surface area (Å²) in [7, 11) is 0. The molecule has 0 aromatic carbocycles. The molecule has 0 aliphatic rings. The van der Waals surface area contributed by atoms with E-state index in [4.69, 9.17) is 10.2 Å². The van der Waals surface area contributed by atoms with E-state index in [-0.39, 0.29) is 17.9 Å². The van der Waals surface area contributed by atoms with Crippen LogP contribution in [0.15, 0.2) is 18.3 Å². The number of aromatic carboxylic acids is 1. The molecule has 1 rings (SSSR count). The molecule has 0 saturated heterocycles. The topological polar surface area (TPSA) is 99.5 Å². The smallest absolute Gasteiger partial charge is 0.338 e. The Morgan fingerprint density at radius 2 is 2.25 bits per heavy atom. The van der Waals surface area contributed by atoms with Crippen molar-refractivity contribution in [1.29, 1.82) is 0 Å². The van der Waals surface area contributed by atoms with Crippen molar-refractivity contribution < 1.29 is 19.8 Å². The van der Waals surface area contributed by atoms with E-state index < -0.39 is 17.9 Å². The van der Waals surface area contributed by atoms with Gasteiger partial charge < -0.3 is 15.5 Å². The van der Waals surface area contributed by atoms with E-state index >= 15 is 0 Å². The maximum Gasteiger partial charge on any atom is 0.338 e. The molecule has 1 atom stereocenters. The predicted molar refractivity (Wildman–Crippen MR) is 55.2 cm³/mol. The Morgan fingerprint density at radius 3 is 2.81 bits per heavy atom. The number of carboxylic acids is 1. The van der Waals surface area contributed by atoms with Gasteiger partial charge in [-0.05, 0) is 19.1 Å². The Kier molecular flexibility index (Phi) is 3.96. The molecular formula is C10H12N2O4. The number of pyridine rings is 1. The lowest BCUT2D eigenvalue weighted by molar-refractivity contribution is 0.0689. The molecule has 6 nitrogen and oxygen atoms in total. The van der Waals surface area contributed by atoms with Gasteiger partial charge in [-0.3, -0.25) is 9.78 Å². The number of aliphatic hydroxyl groups is 1. The Balaban J connectivity index is 2.95. The van der Waals surface area contributed by atoms with Gasteiger partial charge in [0, 0.05) is 12.2 Å². The number of nitrogens with zero attached hydrogens (tertiary/aromatic N) is 1. The van der Waals surface area contributed by atoms with Crippen molar-refractivity contribution in [3.63, 3.8) is 0 Å². The summed E-state index contributed by atoms with van der Waals surface area (Å²) in [6, 6.07) is 2.29. The van der Waals surface area contributed by atoms with Gasteiger partial charge in [0.15, 0.2) is 0 Å². The average Bonchev–Trinajstić information content (AvgIpc) is 2.28. The molecule has 3 N–H and O–H groups in total. The molecule has 0 aliphatic carbocycles. The lowest BCUT2D eigenvalue weighted by atomic mass is 10.2. The summed E-state index contributed by atoms with van der Waals surface area (Å²) in [5, 5.41) is 20.0. The number of nitrogens with one attached hydrogen (secondary N) is 1. The minimum absolute atomic E-state index is 0.157. The minimum Gasteiger partial charge on any atom is -0.478 e. The standard InChI is InChI=1S/C10H12N2O4/c1-6(5-13)12-9(14)8-7(10(15)16)3-2-4-11-8/h2-4,6,13H,5H2,1H3,(H,12,14)(H,15,16)/t6-/m1/s1. The van der Waals surface area contributed by atoms with Crippen LogP contribution in [0, 0.1) is 0 Å². The molecule has 0 radical (unpaired) electrons. The van der Waals surface area contributed by atoms with Crippen molar-refractivity contribution in [2.45, 2.75) is 13.0 Å². The molecule has 1 aromatic heterocycles. The highest BCUT2D eigenvalue weighted by atomic mass is 16.4. The fourth-order valence-electron chi connectivity index (χ4n) is 1.10. The molecule has 1 amide bonds. The van der Waals surface area contributed by atoms with Crippen LogP contribution in [-0.4, -0.2) is 39.7 Å². The summed E-state index contributed by atoms with van der Waals surface area (Å²) >= 11 is 0. The lowest BCUT2D eigenvalue weighted by Gasteiger charge is -2.11. The van der Waals surface area contributed by atoms with Gasteiger partial charge in [-0.15, -0.1) is 0 Å². The van der Waals surface area contributed by atoms with Gasteiger partial charge in [-0.2, -0.15) is 0 Å². The fraction of sp³-hybridized carbons (Fsp3) is 0.300. The van der Waals surface area contributed by atoms with Gasteiger partial charge >= 0.3 is 5.97 Å². The maximum atomic E-state index is 11.6. The van der Waals surface area contributed by atoms with Crippen LogP contribution in [-0.2, 0) is 0 Å². The number of hydrogen-bond acceptors (Lipinski definition) is 4. The van der Waals surface area contributed by atoms with Crippen LogP contribution in [0.2, 0.25) is 0 Å². The van der Waals surface area contributed by atoms with E-state index in [9.17, 15) is 9.59 Å². The summed E-state index contributed by atoms with van der Waals surface area (Å²) in [4.78, 5) is 26.1. The molecule has 0 bridgehead atoms. The number of aliphatic hydroxyl groups excluding tert-OH is 1. The van der Waals surface area contributed by atoms with E-state index in [0.29, 0.717) is 0 Å². The number of carbonyl (C=O) groups excluding carboxylic acids is 1. The molecule has 1 heterocycles. The average molecular weight is 224 g/mol. The van der Waals surface area contributed by atoms with Crippen LogP contribution in [0.1, 0.15) is 27.8 Å². The Bertz CT molecular complexity index is 406. The van der Waals surface area contributed by atoms with Crippen LogP contribution in [0.25, 0.3) is 0 Å². The zero-order chi connectivity index (χ0) is 12.1. The molecule has 6 heteroatoms. The number of hydrogen-bond donors (Lipinski definition) is 3. The second kappa shape index (κ2) is 5.22. The first-order chi connectivity index (χ1) is 7.56. The molecular weight excluding hydrogens is 212 g/mol. The first-order valence-corrected chi connectivity index (χ1v) is 4.66. The van der Waals surface area contributed by atoms with Crippen molar-refractivity contribution in [3.05, 3.63) is 29.6 Å². The van der Waals surface area contributed by atoms with E-state index in [2.05, 4.69) is 10.3 Å². The third-order valence-corrected chi connectivity index (χ3v) is 1.90. The van der Waals surface area contributed by atoms with Crippen molar-refractivity contribution in [3.8, 4) is 0 Å². The van der Waals surface area contributed by atoms with Crippen LogP contribution in [0.5, 0.6) is 0 Å². The van der Waals surface area contributed by atoms with Crippen LogP contribution < -0.4 is 5.32 Å². The van der Waals surface area contributed by atoms with Gasteiger partial charge in [-0.1, -0.05) is 0 Å². The zero-order valence-corrected chi connectivity index (χ0v) is 8.67. The van der Waals surface area contributed by atoms with Crippen molar-refractivity contribution in [1.82, 2.24) is 10.3 Å². The Labute approximate surface area is 91.9 Å². The Hall–Kier alpha value is -1.95. The first kappa shape index (κ1) is 12.1. The normalized spacial score (nSPS) is 11.9. The van der Waals surface area contributed by atoms with E-state index in [1.54, 1.807) is 6.92 Å².